The molecule has 7 heteroatoms. The molecule has 0 aliphatic heterocycles. The lowest BCUT2D eigenvalue weighted by Gasteiger charge is -2.34. The Kier molecular flexibility index (Phi) is 10.7. The molecule has 7 nitrogen and oxygen atoms in total. The molecule has 0 spiro atoms. The van der Waals surface area contributed by atoms with E-state index in [1.807, 2.05) is 39.0 Å². The summed E-state index contributed by atoms with van der Waals surface area (Å²) in [5, 5.41) is 5.60. The van der Waals surface area contributed by atoms with E-state index in [1.54, 1.807) is 32.6 Å². The number of carbonyl (C=O) groups is 3. The van der Waals surface area contributed by atoms with E-state index >= 15 is 0 Å². The van der Waals surface area contributed by atoms with E-state index < -0.39 is 23.8 Å². The van der Waals surface area contributed by atoms with Gasteiger partial charge in [-0.15, -0.1) is 0 Å². The van der Waals surface area contributed by atoms with Crippen LogP contribution in [0.1, 0.15) is 83.5 Å². The normalized spacial score (nSPS) is 13.1. The van der Waals surface area contributed by atoms with Gasteiger partial charge in [-0.05, 0) is 71.1 Å². The molecule has 0 saturated carbocycles. The van der Waals surface area contributed by atoms with Crippen molar-refractivity contribution >= 4 is 17.9 Å². The first-order valence-corrected chi connectivity index (χ1v) is 11.6. The van der Waals surface area contributed by atoms with Gasteiger partial charge in [-0.1, -0.05) is 38.5 Å². The van der Waals surface area contributed by atoms with Gasteiger partial charge in [-0.25, -0.2) is 4.79 Å². The lowest BCUT2D eigenvalue weighted by Crippen LogP contribution is -2.52. The Balaban J connectivity index is 3.28. The summed E-state index contributed by atoms with van der Waals surface area (Å²) in [5.41, 5.74) is 2.16. The lowest BCUT2D eigenvalue weighted by atomic mass is 9.95. The fraction of sp³-hybridized carbons (Fsp3) is 0.640. The molecule has 180 valence electrons. The van der Waals surface area contributed by atoms with Crippen molar-refractivity contribution in [1.29, 1.82) is 0 Å². The van der Waals surface area contributed by atoms with Gasteiger partial charge in [0.25, 0.3) is 0 Å². The van der Waals surface area contributed by atoms with E-state index in [0.717, 1.165) is 29.5 Å². The summed E-state index contributed by atoms with van der Waals surface area (Å²) in [7, 11) is 0. The standard InChI is InChI=1S/C25H41N3O4/c1-9-11-15-26-22(29)21(20-14-12-13-17(3)18(20)4)28(16-10-2)23(30)19(5)27-24(31)32-25(6,7)8/h12-14,19,21H,9-11,15-16H2,1-8H3,(H,26,29)(H,27,31). The fourth-order valence-corrected chi connectivity index (χ4v) is 3.41. The third kappa shape index (κ3) is 8.17. The lowest BCUT2D eigenvalue weighted by molar-refractivity contribution is -0.142. The molecule has 32 heavy (non-hydrogen) atoms. The van der Waals surface area contributed by atoms with Gasteiger partial charge in [0, 0.05) is 13.1 Å². The van der Waals surface area contributed by atoms with E-state index in [4.69, 9.17) is 4.74 Å². The van der Waals surface area contributed by atoms with Crippen LogP contribution in [0.4, 0.5) is 4.79 Å². The number of carbonyl (C=O) groups excluding carboxylic acids is 3. The van der Waals surface area contributed by atoms with Gasteiger partial charge in [0.2, 0.25) is 11.8 Å². The van der Waals surface area contributed by atoms with Gasteiger partial charge in [0.1, 0.15) is 17.7 Å². The third-order valence-corrected chi connectivity index (χ3v) is 5.18. The number of unbranched alkanes of at least 4 members (excludes halogenated alkanes) is 1. The number of nitrogens with zero attached hydrogens (tertiary/aromatic N) is 1. The molecule has 0 saturated heterocycles. The SMILES string of the molecule is CCCCNC(=O)C(c1cccc(C)c1C)N(CCC)C(=O)C(C)NC(=O)OC(C)(C)C. The highest BCUT2D eigenvalue weighted by Gasteiger charge is 2.35. The maximum atomic E-state index is 13.5. The zero-order valence-corrected chi connectivity index (χ0v) is 21.0. The first-order valence-electron chi connectivity index (χ1n) is 11.6. The maximum Gasteiger partial charge on any atom is 0.408 e. The molecule has 1 rings (SSSR count). The van der Waals surface area contributed by atoms with Crippen molar-refractivity contribution in [3.8, 4) is 0 Å². The Morgan fingerprint density at radius 3 is 2.31 bits per heavy atom. The van der Waals surface area contributed by atoms with E-state index in [-0.39, 0.29) is 11.8 Å². The fourth-order valence-electron chi connectivity index (χ4n) is 3.41. The Hall–Kier alpha value is -2.57. The highest BCUT2D eigenvalue weighted by atomic mass is 16.6. The topological polar surface area (TPSA) is 87.7 Å². The van der Waals surface area contributed by atoms with Gasteiger partial charge < -0.3 is 20.3 Å². The summed E-state index contributed by atoms with van der Waals surface area (Å²) in [6.07, 6.45) is 1.84. The summed E-state index contributed by atoms with van der Waals surface area (Å²) in [5.74, 6) is -0.535. The second-order valence-corrected chi connectivity index (χ2v) is 9.24. The van der Waals surface area contributed by atoms with Crippen LogP contribution in [0.2, 0.25) is 0 Å². The maximum absolute atomic E-state index is 13.5. The van der Waals surface area contributed by atoms with Crippen molar-refractivity contribution in [1.82, 2.24) is 15.5 Å². The van der Waals surface area contributed by atoms with Crippen LogP contribution in [-0.4, -0.2) is 47.5 Å². The average molecular weight is 448 g/mol. The average Bonchev–Trinajstić information content (AvgIpc) is 2.68. The molecule has 1 aromatic rings. The molecule has 0 radical (unpaired) electrons. The van der Waals surface area contributed by atoms with Crippen molar-refractivity contribution in [2.45, 2.75) is 92.3 Å². The van der Waals surface area contributed by atoms with Crippen molar-refractivity contribution in [2.24, 2.45) is 0 Å². The summed E-state index contributed by atoms with van der Waals surface area (Å²) in [6, 6.07) is 4.17. The predicted octanol–water partition coefficient (Wildman–Crippen LogP) is 4.41. The monoisotopic (exact) mass is 447 g/mol. The van der Waals surface area contributed by atoms with Crippen LogP contribution in [0.3, 0.4) is 0 Å². The van der Waals surface area contributed by atoms with Crippen LogP contribution in [0.15, 0.2) is 18.2 Å². The van der Waals surface area contributed by atoms with E-state index in [9.17, 15) is 14.4 Å². The van der Waals surface area contributed by atoms with Crippen molar-refractivity contribution in [2.75, 3.05) is 13.1 Å². The molecule has 0 aliphatic rings. The molecule has 0 aromatic heterocycles. The molecule has 3 amide bonds. The van der Waals surface area contributed by atoms with Crippen LogP contribution in [0.5, 0.6) is 0 Å². The van der Waals surface area contributed by atoms with Crippen LogP contribution in [-0.2, 0) is 14.3 Å². The highest BCUT2D eigenvalue weighted by Crippen LogP contribution is 2.27. The quantitative estimate of drug-likeness (QED) is 0.520. The molecule has 0 bridgehead atoms. The summed E-state index contributed by atoms with van der Waals surface area (Å²) < 4.78 is 5.29. The van der Waals surface area contributed by atoms with Crippen molar-refractivity contribution in [3.05, 3.63) is 34.9 Å². The Bertz CT molecular complexity index is 786. The molecular formula is C25H41N3O4. The number of alkyl carbamates (subject to hydrolysis) is 1. The number of rotatable bonds is 10. The van der Waals surface area contributed by atoms with Crippen LogP contribution < -0.4 is 10.6 Å². The third-order valence-electron chi connectivity index (χ3n) is 5.18. The number of ether oxygens (including phenoxy) is 1. The zero-order valence-electron chi connectivity index (χ0n) is 21.0. The number of hydrogen-bond donors (Lipinski definition) is 2. The summed E-state index contributed by atoms with van der Waals surface area (Å²) >= 11 is 0. The van der Waals surface area contributed by atoms with Crippen molar-refractivity contribution < 1.29 is 19.1 Å². The number of amides is 3. The molecule has 0 heterocycles. The molecule has 1 aromatic carbocycles. The van der Waals surface area contributed by atoms with E-state index in [2.05, 4.69) is 17.6 Å². The zero-order chi connectivity index (χ0) is 24.5. The largest absolute Gasteiger partial charge is 0.444 e. The summed E-state index contributed by atoms with van der Waals surface area (Å²) in [4.78, 5) is 40.6. The number of hydrogen-bond acceptors (Lipinski definition) is 4. The van der Waals surface area contributed by atoms with Crippen LogP contribution in [0, 0.1) is 13.8 Å². The van der Waals surface area contributed by atoms with Gasteiger partial charge in [-0.2, -0.15) is 0 Å². The molecule has 2 atom stereocenters. The smallest absolute Gasteiger partial charge is 0.408 e. The number of benzene rings is 1. The minimum absolute atomic E-state index is 0.210. The van der Waals surface area contributed by atoms with Gasteiger partial charge in [0.05, 0.1) is 0 Å². The second-order valence-electron chi connectivity index (χ2n) is 9.24. The Morgan fingerprint density at radius 2 is 1.75 bits per heavy atom. The minimum atomic E-state index is -0.840. The highest BCUT2D eigenvalue weighted by molar-refractivity contribution is 5.92. The molecule has 2 N–H and O–H groups in total. The van der Waals surface area contributed by atoms with Gasteiger partial charge >= 0.3 is 6.09 Å². The van der Waals surface area contributed by atoms with Gasteiger partial charge in [-0.3, -0.25) is 9.59 Å². The Labute approximate surface area is 193 Å². The van der Waals surface area contributed by atoms with E-state index in [1.165, 1.54) is 0 Å². The predicted molar refractivity (Wildman–Crippen MR) is 127 cm³/mol. The number of aryl methyl sites for hydroxylation is 1. The molecule has 2 unspecified atom stereocenters. The second kappa shape index (κ2) is 12.5. The Morgan fingerprint density at radius 1 is 1.09 bits per heavy atom. The first kappa shape index (κ1) is 27.5. The molecular weight excluding hydrogens is 406 g/mol. The van der Waals surface area contributed by atoms with Crippen molar-refractivity contribution in [3.63, 3.8) is 0 Å². The molecule has 0 aliphatic carbocycles. The van der Waals surface area contributed by atoms with E-state index in [0.29, 0.717) is 19.5 Å². The number of nitrogens with one attached hydrogen (secondary N) is 2. The van der Waals surface area contributed by atoms with Crippen LogP contribution >= 0.6 is 0 Å². The van der Waals surface area contributed by atoms with Gasteiger partial charge in [0.15, 0.2) is 0 Å². The minimum Gasteiger partial charge on any atom is -0.444 e. The molecule has 0 fully saturated rings. The summed E-state index contributed by atoms with van der Waals surface area (Å²) in [6.45, 7) is 15.8. The first-order chi connectivity index (χ1) is 14.9. The van der Waals surface area contributed by atoms with Crippen LogP contribution in [0.25, 0.3) is 0 Å².